The van der Waals surface area contributed by atoms with Gasteiger partial charge in [0.25, 0.3) is 5.65 Å². The van der Waals surface area contributed by atoms with Crippen LogP contribution >= 0.6 is 11.6 Å². The summed E-state index contributed by atoms with van der Waals surface area (Å²) in [6.07, 6.45) is -2.06. The molecule has 3 aromatic heterocycles. The van der Waals surface area contributed by atoms with Gasteiger partial charge >= 0.3 is 11.7 Å². The molecule has 0 bridgehead atoms. The van der Waals surface area contributed by atoms with E-state index in [0.717, 1.165) is 22.6 Å². The number of rotatable bonds is 5. The Labute approximate surface area is 188 Å². The second-order valence-corrected chi connectivity index (χ2v) is 7.42. The van der Waals surface area contributed by atoms with Crippen molar-refractivity contribution in [2.45, 2.75) is 19.3 Å². The fourth-order valence-electron chi connectivity index (χ4n) is 3.31. The average molecular weight is 480 g/mol. The van der Waals surface area contributed by atoms with E-state index in [1.165, 1.54) is 36.7 Å². The molecule has 0 saturated heterocycles. The highest BCUT2D eigenvalue weighted by molar-refractivity contribution is 6.29. The molecule has 0 aliphatic rings. The monoisotopic (exact) mass is 479 g/mol. The van der Waals surface area contributed by atoms with Gasteiger partial charge in [-0.1, -0.05) is 23.7 Å². The van der Waals surface area contributed by atoms with Crippen molar-refractivity contribution in [3.05, 3.63) is 87.8 Å². The topological polar surface area (TPSA) is 70.5 Å². The molecule has 4 aromatic rings. The number of pyridine rings is 2. The number of benzene rings is 1. The van der Waals surface area contributed by atoms with E-state index in [4.69, 9.17) is 16.3 Å². The number of alkyl halides is 3. The molecule has 33 heavy (non-hydrogen) atoms. The summed E-state index contributed by atoms with van der Waals surface area (Å²) < 4.78 is 60.6. The summed E-state index contributed by atoms with van der Waals surface area (Å²) in [7, 11) is 0. The Morgan fingerprint density at radius 1 is 1.15 bits per heavy atom. The van der Waals surface area contributed by atoms with Crippen LogP contribution in [0.1, 0.15) is 5.56 Å². The number of fused-ring (bicyclic) bond motifs is 1. The minimum Gasteiger partial charge on any atom is -0.842 e. The Bertz CT molecular complexity index is 1390. The van der Waals surface area contributed by atoms with Gasteiger partial charge < -0.3 is 9.84 Å². The molecule has 0 amide bonds. The third-order valence-electron chi connectivity index (χ3n) is 4.74. The van der Waals surface area contributed by atoms with Gasteiger partial charge in [-0.05, 0) is 24.3 Å². The predicted molar refractivity (Wildman–Crippen MR) is 108 cm³/mol. The Morgan fingerprint density at radius 2 is 1.94 bits per heavy atom. The summed E-state index contributed by atoms with van der Waals surface area (Å²) in [5.74, 6) is -2.08. The SMILES string of the molecule is O=c1c(-c2ccc(F)cc2OCc2ccc(Cl)nc2)c([O-])[n+](CC(F)(F)F)c2ccccn12. The molecular formula is C22H14ClF4N3O3. The van der Waals surface area contributed by atoms with E-state index in [2.05, 4.69) is 4.98 Å². The zero-order valence-corrected chi connectivity index (χ0v) is 17.4. The van der Waals surface area contributed by atoms with Crippen LogP contribution in [0, 0.1) is 5.82 Å². The van der Waals surface area contributed by atoms with Gasteiger partial charge in [0, 0.05) is 29.5 Å². The number of aromatic nitrogens is 3. The zero-order valence-electron chi connectivity index (χ0n) is 16.6. The molecule has 0 saturated carbocycles. The van der Waals surface area contributed by atoms with E-state index < -0.39 is 35.5 Å². The lowest BCUT2D eigenvalue weighted by atomic mass is 10.1. The number of nitrogens with zero attached hydrogens (tertiary/aromatic N) is 3. The maximum absolute atomic E-state index is 14.0. The molecule has 0 N–H and O–H groups in total. The van der Waals surface area contributed by atoms with Crippen molar-refractivity contribution in [2.75, 3.05) is 0 Å². The lowest BCUT2D eigenvalue weighted by molar-refractivity contribution is -0.734. The molecule has 0 unspecified atom stereocenters. The van der Waals surface area contributed by atoms with Gasteiger partial charge in [-0.25, -0.2) is 18.7 Å². The smallest absolute Gasteiger partial charge is 0.426 e. The summed E-state index contributed by atoms with van der Waals surface area (Å²) in [5, 5.41) is 13.4. The maximum atomic E-state index is 14.0. The van der Waals surface area contributed by atoms with Crippen molar-refractivity contribution in [2.24, 2.45) is 0 Å². The molecule has 11 heteroatoms. The number of hydrogen-bond donors (Lipinski definition) is 0. The highest BCUT2D eigenvalue weighted by atomic mass is 35.5. The van der Waals surface area contributed by atoms with E-state index in [-0.39, 0.29) is 28.7 Å². The van der Waals surface area contributed by atoms with Crippen molar-refractivity contribution in [3.63, 3.8) is 0 Å². The second-order valence-electron chi connectivity index (χ2n) is 7.03. The third kappa shape index (κ3) is 4.75. The van der Waals surface area contributed by atoms with Gasteiger partial charge in [-0.15, -0.1) is 0 Å². The first-order valence-electron chi connectivity index (χ1n) is 9.48. The van der Waals surface area contributed by atoms with Crippen LogP contribution in [0.25, 0.3) is 16.8 Å². The molecule has 0 radical (unpaired) electrons. The first-order chi connectivity index (χ1) is 15.6. The summed E-state index contributed by atoms with van der Waals surface area (Å²) in [6.45, 7) is -1.73. The van der Waals surface area contributed by atoms with E-state index in [0.29, 0.717) is 10.1 Å². The molecule has 1 aromatic carbocycles. The van der Waals surface area contributed by atoms with Gasteiger partial charge in [0.1, 0.15) is 28.9 Å². The second kappa shape index (κ2) is 8.70. The third-order valence-corrected chi connectivity index (χ3v) is 4.96. The van der Waals surface area contributed by atoms with Crippen molar-refractivity contribution >= 4 is 17.2 Å². The summed E-state index contributed by atoms with van der Waals surface area (Å²) in [6, 6.07) is 10.3. The van der Waals surface area contributed by atoms with Crippen LogP contribution in [-0.4, -0.2) is 15.6 Å². The summed E-state index contributed by atoms with van der Waals surface area (Å²) >= 11 is 5.74. The van der Waals surface area contributed by atoms with Crippen LogP contribution in [0.15, 0.2) is 65.7 Å². The maximum Gasteiger partial charge on any atom is 0.426 e. The fraction of sp³-hybridized carbons (Fsp3) is 0.136. The standard InChI is InChI=1S/C22H14ClF4N3O3/c23-17-7-4-13(10-28-17)11-33-16-9-14(24)5-6-15(16)19-20(31)29-8-2-1-3-18(29)30(21(19)32)12-22(25,26)27/h1-10H,11-12H2. The Balaban J connectivity index is 1.88. The molecular weight excluding hydrogens is 466 g/mol. The fourth-order valence-corrected chi connectivity index (χ4v) is 3.43. The minimum atomic E-state index is -4.72. The van der Waals surface area contributed by atoms with Crippen molar-refractivity contribution in [1.29, 1.82) is 0 Å². The first-order valence-corrected chi connectivity index (χ1v) is 9.86. The molecule has 0 aliphatic heterocycles. The average Bonchev–Trinajstić information content (AvgIpc) is 2.77. The minimum absolute atomic E-state index is 0.119. The van der Waals surface area contributed by atoms with Gasteiger partial charge in [0.15, 0.2) is 6.54 Å². The Hall–Kier alpha value is -3.66. The van der Waals surface area contributed by atoms with Crippen LogP contribution in [0.2, 0.25) is 5.15 Å². The Kier molecular flexibility index (Phi) is 5.94. The molecule has 0 aliphatic carbocycles. The van der Waals surface area contributed by atoms with Crippen molar-refractivity contribution < 1.29 is 32.0 Å². The quantitative estimate of drug-likeness (QED) is 0.249. The van der Waals surface area contributed by atoms with Gasteiger partial charge in [0.2, 0.25) is 0 Å². The van der Waals surface area contributed by atoms with E-state index >= 15 is 0 Å². The lowest BCUT2D eigenvalue weighted by Gasteiger charge is -2.19. The molecule has 3 heterocycles. The molecule has 0 fully saturated rings. The molecule has 170 valence electrons. The number of halogens is 5. The van der Waals surface area contributed by atoms with Gasteiger partial charge in [-0.2, -0.15) is 17.6 Å². The number of hydrogen-bond acceptors (Lipinski definition) is 4. The largest absolute Gasteiger partial charge is 0.842 e. The van der Waals surface area contributed by atoms with Crippen LogP contribution in [-0.2, 0) is 13.2 Å². The van der Waals surface area contributed by atoms with Gasteiger partial charge in [-0.3, -0.25) is 0 Å². The number of ether oxygens (including phenoxy) is 1. The highest BCUT2D eigenvalue weighted by Gasteiger charge is 2.34. The van der Waals surface area contributed by atoms with Gasteiger partial charge in [0.05, 0.1) is 12.1 Å². The van der Waals surface area contributed by atoms with Crippen LogP contribution in [0.5, 0.6) is 11.6 Å². The predicted octanol–water partition coefficient (Wildman–Crippen LogP) is 3.66. The first kappa shape index (κ1) is 22.5. The summed E-state index contributed by atoms with van der Waals surface area (Å²) in [5.41, 5.74) is -1.25. The molecule has 4 rings (SSSR count). The molecule has 0 atom stereocenters. The summed E-state index contributed by atoms with van der Waals surface area (Å²) in [4.78, 5) is 17.0. The lowest BCUT2D eigenvalue weighted by Crippen LogP contribution is -2.48. The molecule has 6 nitrogen and oxygen atoms in total. The van der Waals surface area contributed by atoms with E-state index in [1.807, 2.05) is 0 Å². The highest BCUT2D eigenvalue weighted by Crippen LogP contribution is 2.33. The van der Waals surface area contributed by atoms with Crippen LogP contribution < -0.4 is 20.0 Å². The zero-order chi connectivity index (χ0) is 23.8. The van der Waals surface area contributed by atoms with Crippen LogP contribution in [0.4, 0.5) is 17.6 Å². The van der Waals surface area contributed by atoms with E-state index in [9.17, 15) is 27.5 Å². The normalized spacial score (nSPS) is 11.7. The molecule has 0 spiro atoms. The van der Waals surface area contributed by atoms with Crippen LogP contribution in [0.3, 0.4) is 0 Å². The van der Waals surface area contributed by atoms with Crippen molar-refractivity contribution in [3.8, 4) is 22.8 Å². The Morgan fingerprint density at radius 3 is 2.64 bits per heavy atom. The van der Waals surface area contributed by atoms with E-state index in [1.54, 1.807) is 6.07 Å². The van der Waals surface area contributed by atoms with Crippen molar-refractivity contribution in [1.82, 2.24) is 9.38 Å².